The molecule has 0 amide bonds. The predicted octanol–water partition coefficient (Wildman–Crippen LogP) is 3.71. The summed E-state index contributed by atoms with van der Waals surface area (Å²) in [7, 11) is 2.02. The number of aromatic nitrogens is 2. The summed E-state index contributed by atoms with van der Waals surface area (Å²) in [5, 5.41) is 17.3. The van der Waals surface area contributed by atoms with Gasteiger partial charge < -0.3 is 9.15 Å². The summed E-state index contributed by atoms with van der Waals surface area (Å²) in [5.41, 5.74) is 1.70. The van der Waals surface area contributed by atoms with Crippen molar-refractivity contribution in [2.24, 2.45) is 0 Å². The van der Waals surface area contributed by atoms with Crippen LogP contribution in [-0.4, -0.2) is 22.1 Å². The molecule has 26 heavy (non-hydrogen) atoms. The van der Waals surface area contributed by atoms with Crippen LogP contribution < -0.4 is 4.74 Å². The maximum atomic E-state index is 9.09. The van der Waals surface area contributed by atoms with Gasteiger partial charge in [0.25, 0.3) is 5.89 Å². The van der Waals surface area contributed by atoms with E-state index in [9.17, 15) is 0 Å². The molecule has 3 aromatic rings. The van der Waals surface area contributed by atoms with E-state index in [1.807, 2.05) is 38.2 Å². The van der Waals surface area contributed by atoms with Gasteiger partial charge in [-0.25, -0.2) is 0 Å². The fourth-order valence-electron chi connectivity index (χ4n) is 2.51. The van der Waals surface area contributed by atoms with Gasteiger partial charge in [-0.3, -0.25) is 4.90 Å². The molecule has 0 N–H and O–H groups in total. The minimum absolute atomic E-state index is 0.0251. The quantitative estimate of drug-likeness (QED) is 0.648. The molecule has 2 aromatic carbocycles. The Balaban J connectivity index is 1.61. The molecule has 0 aliphatic heterocycles. The first-order valence-corrected chi connectivity index (χ1v) is 8.35. The van der Waals surface area contributed by atoms with Crippen LogP contribution in [-0.2, 0) is 13.2 Å². The minimum atomic E-state index is -0.0251. The standard InChI is InChI=1S/C20H20N4O2/c1-15(24(2)13-16-8-4-3-5-9-16)20-23-22-19(26-20)14-25-18-11-7-6-10-17(18)12-21/h3-11,15H,13-14H2,1-2H3/t15-/m0/s1. The van der Waals surface area contributed by atoms with Gasteiger partial charge in [-0.1, -0.05) is 42.5 Å². The fourth-order valence-corrected chi connectivity index (χ4v) is 2.51. The lowest BCUT2D eigenvalue weighted by Gasteiger charge is -2.21. The lowest BCUT2D eigenvalue weighted by molar-refractivity contribution is 0.203. The SMILES string of the molecule is C[C@@H](c1nnc(COc2ccccc2C#N)o1)N(C)Cc1ccccc1. The van der Waals surface area contributed by atoms with E-state index in [0.717, 1.165) is 6.54 Å². The number of benzene rings is 2. The van der Waals surface area contributed by atoms with Crippen molar-refractivity contribution in [2.45, 2.75) is 26.1 Å². The molecule has 1 heterocycles. The van der Waals surface area contributed by atoms with Crippen molar-refractivity contribution in [3.8, 4) is 11.8 Å². The van der Waals surface area contributed by atoms with E-state index < -0.39 is 0 Å². The molecule has 1 atom stereocenters. The first-order chi connectivity index (χ1) is 12.7. The van der Waals surface area contributed by atoms with Crippen molar-refractivity contribution in [1.29, 1.82) is 5.26 Å². The van der Waals surface area contributed by atoms with Crippen molar-refractivity contribution in [2.75, 3.05) is 7.05 Å². The van der Waals surface area contributed by atoms with E-state index >= 15 is 0 Å². The number of nitrogens with zero attached hydrogens (tertiary/aromatic N) is 4. The number of rotatable bonds is 7. The van der Waals surface area contributed by atoms with Gasteiger partial charge in [0.2, 0.25) is 5.89 Å². The molecule has 6 heteroatoms. The van der Waals surface area contributed by atoms with Crippen LogP contribution in [0, 0.1) is 11.3 Å². The first-order valence-electron chi connectivity index (χ1n) is 8.35. The van der Waals surface area contributed by atoms with E-state index in [1.54, 1.807) is 18.2 Å². The molecule has 0 aliphatic carbocycles. The zero-order valence-electron chi connectivity index (χ0n) is 14.8. The maximum absolute atomic E-state index is 9.09. The Kier molecular flexibility index (Phi) is 5.62. The zero-order valence-corrected chi connectivity index (χ0v) is 14.8. The Labute approximate surface area is 152 Å². The molecule has 132 valence electrons. The number of hydrogen-bond acceptors (Lipinski definition) is 6. The Morgan fingerprint density at radius 1 is 1.12 bits per heavy atom. The Morgan fingerprint density at radius 3 is 2.62 bits per heavy atom. The third-order valence-electron chi connectivity index (χ3n) is 4.13. The molecule has 1 aromatic heterocycles. The molecule has 0 spiro atoms. The molecule has 0 aliphatic rings. The summed E-state index contributed by atoms with van der Waals surface area (Å²) in [5.74, 6) is 1.42. The van der Waals surface area contributed by atoms with Crippen LogP contribution in [0.15, 0.2) is 59.0 Å². The average molecular weight is 348 g/mol. The molecule has 0 saturated carbocycles. The molecular formula is C20H20N4O2. The summed E-state index contributed by atoms with van der Waals surface area (Å²) in [6.45, 7) is 2.93. The number of ether oxygens (including phenoxy) is 1. The summed E-state index contributed by atoms with van der Waals surface area (Å²) in [6, 6.07) is 19.3. The molecule has 0 bridgehead atoms. The highest BCUT2D eigenvalue weighted by molar-refractivity contribution is 5.42. The predicted molar refractivity (Wildman–Crippen MR) is 96.1 cm³/mol. The van der Waals surface area contributed by atoms with E-state index in [-0.39, 0.29) is 12.6 Å². The fraction of sp³-hybridized carbons (Fsp3) is 0.250. The van der Waals surface area contributed by atoms with Crippen molar-refractivity contribution in [3.05, 3.63) is 77.5 Å². The topological polar surface area (TPSA) is 75.2 Å². The minimum Gasteiger partial charge on any atom is -0.482 e. The van der Waals surface area contributed by atoms with Gasteiger partial charge in [-0.15, -0.1) is 10.2 Å². The monoisotopic (exact) mass is 348 g/mol. The highest BCUT2D eigenvalue weighted by atomic mass is 16.5. The third-order valence-corrected chi connectivity index (χ3v) is 4.13. The van der Waals surface area contributed by atoms with Crippen molar-refractivity contribution < 1.29 is 9.15 Å². The highest BCUT2D eigenvalue weighted by Gasteiger charge is 2.19. The molecular weight excluding hydrogens is 328 g/mol. The summed E-state index contributed by atoms with van der Waals surface area (Å²) < 4.78 is 11.4. The summed E-state index contributed by atoms with van der Waals surface area (Å²) >= 11 is 0. The largest absolute Gasteiger partial charge is 0.482 e. The first kappa shape index (κ1) is 17.6. The molecule has 0 saturated heterocycles. The lowest BCUT2D eigenvalue weighted by Crippen LogP contribution is -2.22. The smallest absolute Gasteiger partial charge is 0.253 e. The van der Waals surface area contributed by atoms with Gasteiger partial charge in [0.15, 0.2) is 6.61 Å². The van der Waals surface area contributed by atoms with Crippen molar-refractivity contribution in [1.82, 2.24) is 15.1 Å². The highest BCUT2D eigenvalue weighted by Crippen LogP contribution is 2.21. The van der Waals surface area contributed by atoms with Gasteiger partial charge in [-0.05, 0) is 31.7 Å². The second-order valence-electron chi connectivity index (χ2n) is 6.01. The van der Waals surface area contributed by atoms with Crippen molar-refractivity contribution >= 4 is 0 Å². The van der Waals surface area contributed by atoms with Crippen LogP contribution in [0.4, 0.5) is 0 Å². The van der Waals surface area contributed by atoms with Gasteiger partial charge in [0.05, 0.1) is 11.6 Å². The zero-order chi connectivity index (χ0) is 18.4. The second-order valence-corrected chi connectivity index (χ2v) is 6.01. The number of hydrogen-bond donors (Lipinski definition) is 0. The van der Waals surface area contributed by atoms with Gasteiger partial charge >= 0.3 is 0 Å². The maximum Gasteiger partial charge on any atom is 0.253 e. The molecule has 3 rings (SSSR count). The van der Waals surface area contributed by atoms with Crippen LogP contribution in [0.25, 0.3) is 0 Å². The van der Waals surface area contributed by atoms with E-state index in [1.165, 1.54) is 5.56 Å². The second kappa shape index (κ2) is 8.28. The lowest BCUT2D eigenvalue weighted by atomic mass is 10.2. The molecule has 0 radical (unpaired) electrons. The normalized spacial score (nSPS) is 11.9. The molecule has 0 fully saturated rings. The van der Waals surface area contributed by atoms with Crippen LogP contribution in [0.1, 0.15) is 35.9 Å². The number of para-hydroxylation sites is 1. The van der Waals surface area contributed by atoms with E-state index in [4.69, 9.17) is 14.4 Å². The van der Waals surface area contributed by atoms with Gasteiger partial charge in [-0.2, -0.15) is 5.26 Å². The Morgan fingerprint density at radius 2 is 1.85 bits per heavy atom. The third kappa shape index (κ3) is 4.26. The van der Waals surface area contributed by atoms with E-state index in [0.29, 0.717) is 23.1 Å². The van der Waals surface area contributed by atoms with Gasteiger partial charge in [0.1, 0.15) is 11.8 Å². The molecule has 6 nitrogen and oxygen atoms in total. The van der Waals surface area contributed by atoms with Crippen LogP contribution in [0.3, 0.4) is 0 Å². The van der Waals surface area contributed by atoms with Crippen molar-refractivity contribution in [3.63, 3.8) is 0 Å². The summed E-state index contributed by atoms with van der Waals surface area (Å²) in [6.07, 6.45) is 0. The van der Waals surface area contributed by atoms with Crippen LogP contribution in [0.5, 0.6) is 5.75 Å². The van der Waals surface area contributed by atoms with E-state index in [2.05, 4.69) is 33.3 Å². The van der Waals surface area contributed by atoms with Gasteiger partial charge in [0, 0.05) is 6.54 Å². The number of nitriles is 1. The Bertz CT molecular complexity index is 886. The average Bonchev–Trinajstić information content (AvgIpc) is 3.15. The summed E-state index contributed by atoms with van der Waals surface area (Å²) in [4.78, 5) is 2.14. The van der Waals surface area contributed by atoms with Crippen LogP contribution >= 0.6 is 0 Å². The van der Waals surface area contributed by atoms with Crippen LogP contribution in [0.2, 0.25) is 0 Å². The molecule has 0 unspecified atom stereocenters. The Hall–Kier alpha value is -3.17.